The number of hydrogen-bond acceptors (Lipinski definition) is 4. The van der Waals surface area contributed by atoms with Gasteiger partial charge in [-0.2, -0.15) is 0 Å². The van der Waals surface area contributed by atoms with Crippen molar-refractivity contribution in [2.24, 2.45) is 0 Å². The van der Waals surface area contributed by atoms with Crippen molar-refractivity contribution < 1.29 is 14.3 Å². The fourth-order valence-corrected chi connectivity index (χ4v) is 2.26. The Labute approximate surface area is 147 Å². The van der Waals surface area contributed by atoms with E-state index >= 15 is 0 Å². The maximum absolute atomic E-state index is 12.2. The topological polar surface area (TPSA) is 71.5 Å². The molecule has 6 heteroatoms. The van der Waals surface area contributed by atoms with Crippen LogP contribution in [0.15, 0.2) is 48.8 Å². The maximum Gasteiger partial charge on any atom is 0.240 e. The van der Waals surface area contributed by atoms with Crippen LogP contribution in [-0.2, 0) is 16.1 Å². The van der Waals surface area contributed by atoms with E-state index in [0.29, 0.717) is 12.2 Å². The van der Waals surface area contributed by atoms with Crippen molar-refractivity contribution >= 4 is 17.5 Å². The molecule has 132 valence electrons. The lowest BCUT2D eigenvalue weighted by atomic mass is 10.2. The lowest BCUT2D eigenvalue weighted by Gasteiger charge is -2.21. The zero-order chi connectivity index (χ0) is 18.2. The van der Waals surface area contributed by atoms with Crippen LogP contribution in [0.1, 0.15) is 26.3 Å². The fraction of sp³-hybridized carbons (Fsp3) is 0.316. The van der Waals surface area contributed by atoms with E-state index in [4.69, 9.17) is 4.74 Å². The molecule has 0 aliphatic carbocycles. The van der Waals surface area contributed by atoms with Gasteiger partial charge in [0, 0.05) is 31.5 Å². The average Bonchev–Trinajstić information content (AvgIpc) is 2.59. The van der Waals surface area contributed by atoms with Gasteiger partial charge in [0.05, 0.1) is 6.10 Å². The number of nitrogens with zero attached hydrogens (tertiary/aromatic N) is 2. The number of rotatable bonds is 7. The van der Waals surface area contributed by atoms with Gasteiger partial charge in [-0.1, -0.05) is 0 Å². The molecule has 2 aromatic rings. The number of nitrogens with one attached hydrogen (secondary N) is 1. The van der Waals surface area contributed by atoms with Crippen LogP contribution in [0, 0.1) is 0 Å². The van der Waals surface area contributed by atoms with Gasteiger partial charge in [0.1, 0.15) is 12.3 Å². The van der Waals surface area contributed by atoms with Crippen molar-refractivity contribution in [3.63, 3.8) is 0 Å². The number of aromatic nitrogens is 1. The molecule has 0 aliphatic rings. The van der Waals surface area contributed by atoms with Crippen LogP contribution in [0.5, 0.6) is 5.75 Å². The van der Waals surface area contributed by atoms with Crippen molar-refractivity contribution in [2.45, 2.75) is 33.4 Å². The summed E-state index contributed by atoms with van der Waals surface area (Å²) in [5, 5.41) is 2.81. The monoisotopic (exact) mass is 341 g/mol. The zero-order valence-electron chi connectivity index (χ0n) is 14.7. The Kier molecular flexibility index (Phi) is 6.51. The highest BCUT2D eigenvalue weighted by molar-refractivity contribution is 5.97. The van der Waals surface area contributed by atoms with Crippen LogP contribution < -0.4 is 15.0 Å². The number of pyridine rings is 1. The van der Waals surface area contributed by atoms with Gasteiger partial charge in [0.2, 0.25) is 11.8 Å². The molecule has 1 heterocycles. The first-order valence-electron chi connectivity index (χ1n) is 8.16. The minimum Gasteiger partial charge on any atom is -0.491 e. The van der Waals surface area contributed by atoms with Crippen molar-refractivity contribution in [1.29, 1.82) is 0 Å². The summed E-state index contributed by atoms with van der Waals surface area (Å²) in [6.45, 7) is 5.69. The van der Waals surface area contributed by atoms with E-state index in [9.17, 15) is 9.59 Å². The zero-order valence-corrected chi connectivity index (χ0v) is 14.7. The van der Waals surface area contributed by atoms with E-state index < -0.39 is 0 Å². The van der Waals surface area contributed by atoms with Gasteiger partial charge in [-0.05, 0) is 55.8 Å². The van der Waals surface area contributed by atoms with Gasteiger partial charge < -0.3 is 15.0 Å². The van der Waals surface area contributed by atoms with Crippen LogP contribution >= 0.6 is 0 Å². The first-order valence-corrected chi connectivity index (χ1v) is 8.16. The van der Waals surface area contributed by atoms with Crippen molar-refractivity contribution in [1.82, 2.24) is 10.3 Å². The van der Waals surface area contributed by atoms with Crippen LogP contribution in [0.2, 0.25) is 0 Å². The number of amides is 2. The fourth-order valence-electron chi connectivity index (χ4n) is 2.26. The van der Waals surface area contributed by atoms with Gasteiger partial charge in [0.15, 0.2) is 0 Å². The van der Waals surface area contributed by atoms with E-state index in [1.165, 1.54) is 11.8 Å². The number of carbonyl (C=O) groups excluding carboxylic acids is 2. The highest BCUT2D eigenvalue weighted by atomic mass is 16.5. The van der Waals surface area contributed by atoms with Crippen LogP contribution in [0.3, 0.4) is 0 Å². The molecule has 1 aromatic heterocycles. The molecule has 0 saturated heterocycles. The minimum atomic E-state index is -0.227. The Hall–Kier alpha value is -2.89. The molecular formula is C19H23N3O3. The molecule has 0 bridgehead atoms. The van der Waals surface area contributed by atoms with Gasteiger partial charge in [-0.3, -0.25) is 14.6 Å². The first-order chi connectivity index (χ1) is 12.0. The van der Waals surface area contributed by atoms with Gasteiger partial charge in [0.25, 0.3) is 0 Å². The molecule has 0 aliphatic heterocycles. The Morgan fingerprint density at radius 2 is 1.76 bits per heavy atom. The van der Waals surface area contributed by atoms with Crippen molar-refractivity contribution in [3.8, 4) is 5.75 Å². The average molecular weight is 341 g/mol. The lowest BCUT2D eigenvalue weighted by molar-refractivity contribution is -0.123. The van der Waals surface area contributed by atoms with Crippen LogP contribution in [-0.4, -0.2) is 29.4 Å². The summed E-state index contributed by atoms with van der Waals surface area (Å²) in [7, 11) is 0. The molecule has 6 nitrogen and oxygen atoms in total. The lowest BCUT2D eigenvalue weighted by Crippen LogP contribution is -2.39. The minimum absolute atomic E-state index is 0.0369. The van der Waals surface area contributed by atoms with E-state index in [-0.39, 0.29) is 24.5 Å². The number of ether oxygens (including phenoxy) is 1. The summed E-state index contributed by atoms with van der Waals surface area (Å²) in [5.74, 6) is 0.301. The molecule has 25 heavy (non-hydrogen) atoms. The van der Waals surface area contributed by atoms with Gasteiger partial charge in [-0.15, -0.1) is 0 Å². The maximum atomic E-state index is 12.2. The Morgan fingerprint density at radius 3 is 2.32 bits per heavy atom. The smallest absolute Gasteiger partial charge is 0.240 e. The number of hydrogen-bond donors (Lipinski definition) is 1. The van der Waals surface area contributed by atoms with Crippen LogP contribution in [0.25, 0.3) is 0 Å². The molecule has 2 rings (SSSR count). The molecule has 0 atom stereocenters. The van der Waals surface area contributed by atoms with E-state index in [0.717, 1.165) is 11.3 Å². The summed E-state index contributed by atoms with van der Waals surface area (Å²) < 4.78 is 5.59. The van der Waals surface area contributed by atoms with Gasteiger partial charge >= 0.3 is 0 Å². The normalized spacial score (nSPS) is 10.4. The number of carbonyl (C=O) groups is 2. The molecule has 0 fully saturated rings. The summed E-state index contributed by atoms with van der Waals surface area (Å²) in [6, 6.07) is 10.8. The van der Waals surface area contributed by atoms with E-state index in [1.807, 2.05) is 26.0 Å². The first kappa shape index (κ1) is 18.4. The highest BCUT2D eigenvalue weighted by Gasteiger charge is 2.16. The van der Waals surface area contributed by atoms with Crippen LogP contribution in [0.4, 0.5) is 5.69 Å². The third kappa shape index (κ3) is 5.91. The van der Waals surface area contributed by atoms with Crippen molar-refractivity contribution in [3.05, 3.63) is 54.4 Å². The second-order valence-corrected chi connectivity index (χ2v) is 5.90. The predicted molar refractivity (Wildman–Crippen MR) is 96.3 cm³/mol. The summed E-state index contributed by atoms with van der Waals surface area (Å²) >= 11 is 0. The molecule has 2 amide bonds. The quantitative estimate of drug-likeness (QED) is 0.840. The third-order valence-electron chi connectivity index (χ3n) is 3.44. The van der Waals surface area contributed by atoms with E-state index in [1.54, 1.807) is 36.7 Å². The van der Waals surface area contributed by atoms with Crippen molar-refractivity contribution in [2.75, 3.05) is 11.4 Å². The molecule has 0 spiro atoms. The second kappa shape index (κ2) is 8.82. The Morgan fingerprint density at radius 1 is 1.12 bits per heavy atom. The summed E-state index contributed by atoms with van der Waals surface area (Å²) in [6.07, 6.45) is 3.42. The second-order valence-electron chi connectivity index (χ2n) is 5.90. The molecule has 0 saturated carbocycles. The number of benzene rings is 1. The largest absolute Gasteiger partial charge is 0.491 e. The molecular weight excluding hydrogens is 318 g/mol. The SMILES string of the molecule is CC(=O)N(CC(=O)NCc1ccncc1)c1ccc(OC(C)C)cc1. The Balaban J connectivity index is 1.98. The standard InChI is InChI=1S/C19H23N3O3/c1-14(2)25-18-6-4-17(5-7-18)22(15(3)23)13-19(24)21-12-16-8-10-20-11-9-16/h4-11,14H,12-13H2,1-3H3,(H,21,24). The molecule has 0 radical (unpaired) electrons. The summed E-state index contributed by atoms with van der Waals surface area (Å²) in [4.78, 5) is 29.5. The summed E-state index contributed by atoms with van der Waals surface area (Å²) in [5.41, 5.74) is 1.61. The number of anilines is 1. The molecule has 1 aromatic carbocycles. The highest BCUT2D eigenvalue weighted by Crippen LogP contribution is 2.20. The van der Waals surface area contributed by atoms with E-state index in [2.05, 4.69) is 10.3 Å². The van der Waals surface area contributed by atoms with Gasteiger partial charge in [-0.25, -0.2) is 0 Å². The Bertz CT molecular complexity index is 700. The third-order valence-corrected chi connectivity index (χ3v) is 3.44. The predicted octanol–water partition coefficient (Wildman–Crippen LogP) is 2.54. The molecule has 1 N–H and O–H groups in total. The molecule has 0 unspecified atom stereocenters.